The zero-order chi connectivity index (χ0) is 18.6. The smallest absolute Gasteiger partial charge is 0.473 e. The molecule has 0 amide bonds. The van der Waals surface area contributed by atoms with E-state index in [1.165, 1.54) is 0 Å². The Morgan fingerprint density at radius 1 is 1.17 bits per heavy atom. The number of diazo groups is 1. The molecule has 0 aliphatic rings. The number of hydrogen-bond acceptors (Lipinski definition) is 8. The molecule has 0 spiro atoms. The Kier molecular flexibility index (Phi) is 6.04. The molecule has 0 saturated carbocycles. The molecular weight excluding hydrogens is 357 g/mol. The van der Waals surface area contributed by atoms with Gasteiger partial charge in [-0.05, 0) is 0 Å². The van der Waals surface area contributed by atoms with Gasteiger partial charge >= 0.3 is 17.6 Å². The van der Waals surface area contributed by atoms with Gasteiger partial charge in [-0.1, -0.05) is 0 Å². The van der Waals surface area contributed by atoms with Crippen LogP contribution in [0.25, 0.3) is 4.98 Å². The monoisotopic (exact) mass is 360 g/mol. The second kappa shape index (κ2) is 6.91. The molecule has 0 aliphatic heterocycles. The summed E-state index contributed by atoms with van der Waals surface area (Å²) in [6, 6.07) is 0.340. The summed E-state index contributed by atoms with van der Waals surface area (Å²) in [5.41, 5.74) is -5.57. The van der Waals surface area contributed by atoms with Crippen LogP contribution in [0.3, 0.4) is 0 Å². The van der Waals surface area contributed by atoms with Crippen molar-refractivity contribution in [2.24, 2.45) is 0 Å². The fourth-order valence-corrected chi connectivity index (χ4v) is 1.17. The average Bonchev–Trinajstić information content (AvgIpc) is 2.33. The minimum Gasteiger partial charge on any atom is -0.726 e. The molecule has 0 heterocycles. The maximum absolute atomic E-state index is 12.5. The van der Waals surface area contributed by atoms with Crippen LogP contribution in [0.2, 0.25) is 0 Å². The summed E-state index contributed by atoms with van der Waals surface area (Å²) in [7, 11) is -4.92. The number of non-ortho nitro benzene ring substituents is 1. The lowest BCUT2D eigenvalue weighted by atomic mass is 10.1. The first-order valence-electron chi connectivity index (χ1n) is 4.76. The minimum atomic E-state index is -5.13. The van der Waals surface area contributed by atoms with Gasteiger partial charge in [0.2, 0.25) is 15.8 Å². The lowest BCUT2D eigenvalue weighted by Crippen LogP contribution is -2.07. The summed E-state index contributed by atoms with van der Waals surface area (Å²) in [6.45, 7) is 0. The van der Waals surface area contributed by atoms with Crippen LogP contribution in [-0.2, 0) is 16.6 Å². The van der Waals surface area contributed by atoms with Gasteiger partial charge in [-0.3, -0.25) is 24.8 Å². The Hall–Kier alpha value is -2.90. The van der Waals surface area contributed by atoms with Gasteiger partial charge in [0.05, 0.1) is 9.85 Å². The summed E-state index contributed by atoms with van der Waals surface area (Å²) in [4.78, 5) is 20.5. The van der Waals surface area contributed by atoms with E-state index in [4.69, 9.17) is 22.9 Å². The number of nitro benzene ring substituents is 2. The number of nitrogens with zero attached hydrogens (tertiary/aromatic N) is 4. The van der Waals surface area contributed by atoms with Crippen LogP contribution in [0.1, 0.15) is 5.56 Å². The standard InChI is InChI=1S/C7H2F3N4O4.H2O4S/c8-7(9,10)4-1-3(13(15)16)2-5(14(17)18)6(4)12-11;1-5(2,3)4/h1-2H;(H2,1,2,3,4)/q+1;/p-1. The Balaban J connectivity index is 0.000000841. The minimum absolute atomic E-state index is 0.0576. The van der Waals surface area contributed by atoms with E-state index in [-0.39, 0.29) is 12.1 Å². The third-order valence-corrected chi connectivity index (χ3v) is 1.89. The summed E-state index contributed by atoms with van der Waals surface area (Å²) in [5.74, 6) is 0. The topological polar surface area (TPSA) is 192 Å². The van der Waals surface area contributed by atoms with Crippen LogP contribution < -0.4 is 0 Å². The zero-order valence-electron chi connectivity index (χ0n) is 10.3. The second-order valence-corrected chi connectivity index (χ2v) is 4.26. The Labute approximate surface area is 123 Å². The van der Waals surface area contributed by atoms with Crippen molar-refractivity contribution in [2.75, 3.05) is 0 Å². The first-order chi connectivity index (χ1) is 10.2. The molecule has 1 N–H and O–H groups in total. The summed E-state index contributed by atoms with van der Waals surface area (Å²) < 4.78 is 70.4. The van der Waals surface area contributed by atoms with E-state index < -0.39 is 49.0 Å². The molecule has 0 saturated heterocycles. The summed E-state index contributed by atoms with van der Waals surface area (Å²) in [6.07, 6.45) is -5.13. The normalized spacial score (nSPS) is 11.0. The fourth-order valence-electron chi connectivity index (χ4n) is 1.17. The summed E-state index contributed by atoms with van der Waals surface area (Å²) >= 11 is 0. The van der Waals surface area contributed by atoms with Gasteiger partial charge in [0.25, 0.3) is 5.69 Å². The third-order valence-electron chi connectivity index (χ3n) is 1.89. The number of halogens is 3. The molecule has 0 atom stereocenters. The number of alkyl halides is 3. The van der Waals surface area contributed by atoms with E-state index in [1.807, 2.05) is 0 Å². The van der Waals surface area contributed by atoms with Crippen LogP contribution in [-0.4, -0.2) is 27.4 Å². The van der Waals surface area contributed by atoms with Crippen molar-refractivity contribution in [1.29, 1.82) is 5.39 Å². The SMILES string of the molecule is N#[N+]c1c([N+](=O)[O-])cc([N+](=O)[O-])cc1C(F)(F)F.O=S(=O)([O-])O. The molecule has 0 radical (unpaired) electrons. The zero-order valence-corrected chi connectivity index (χ0v) is 11.1. The Bertz CT molecular complexity index is 776. The Morgan fingerprint density at radius 3 is 1.87 bits per heavy atom. The van der Waals surface area contributed by atoms with Crippen molar-refractivity contribution in [2.45, 2.75) is 6.18 Å². The van der Waals surface area contributed by atoms with E-state index in [0.29, 0.717) is 0 Å². The van der Waals surface area contributed by atoms with Gasteiger partial charge in [-0.15, -0.1) is 0 Å². The van der Waals surface area contributed by atoms with E-state index >= 15 is 0 Å². The van der Waals surface area contributed by atoms with Gasteiger partial charge in [-0.25, -0.2) is 8.42 Å². The van der Waals surface area contributed by atoms with Gasteiger partial charge < -0.3 is 4.55 Å². The van der Waals surface area contributed by atoms with Crippen LogP contribution in [0.15, 0.2) is 12.1 Å². The predicted molar refractivity (Wildman–Crippen MR) is 61.8 cm³/mol. The van der Waals surface area contributed by atoms with Crippen LogP contribution in [0.5, 0.6) is 0 Å². The Morgan fingerprint density at radius 2 is 1.61 bits per heavy atom. The first kappa shape index (κ1) is 20.1. The predicted octanol–water partition coefficient (Wildman–Crippen LogP) is 2.01. The lowest BCUT2D eigenvalue weighted by Gasteiger charge is -2.03. The van der Waals surface area contributed by atoms with Crippen molar-refractivity contribution in [3.63, 3.8) is 0 Å². The fraction of sp³-hybridized carbons (Fsp3) is 0.143. The van der Waals surface area contributed by atoms with E-state index in [0.717, 1.165) is 0 Å². The van der Waals surface area contributed by atoms with Gasteiger partial charge in [-0.2, -0.15) is 13.2 Å². The van der Waals surface area contributed by atoms with Crippen LogP contribution in [0.4, 0.5) is 30.2 Å². The number of rotatable bonds is 2. The molecule has 0 aliphatic carbocycles. The number of hydrogen-bond donors (Lipinski definition) is 1. The van der Waals surface area contributed by atoms with Crippen molar-refractivity contribution < 1.29 is 40.5 Å². The molecule has 0 unspecified atom stereocenters. The third kappa shape index (κ3) is 6.60. The number of benzene rings is 1. The molecule has 126 valence electrons. The molecule has 16 heteroatoms. The maximum atomic E-state index is 12.5. The van der Waals surface area contributed by atoms with Gasteiger partial charge in [0, 0.05) is 6.07 Å². The van der Waals surface area contributed by atoms with Crippen LogP contribution >= 0.6 is 0 Å². The highest BCUT2D eigenvalue weighted by atomic mass is 32.3. The first-order valence-corrected chi connectivity index (χ1v) is 6.12. The molecular formula is C7H3F3N4O8S. The van der Waals surface area contributed by atoms with E-state index in [9.17, 15) is 33.4 Å². The van der Waals surface area contributed by atoms with Crippen molar-refractivity contribution in [3.8, 4) is 0 Å². The highest BCUT2D eigenvalue weighted by Crippen LogP contribution is 2.43. The summed E-state index contributed by atoms with van der Waals surface area (Å²) in [5, 5.41) is 29.2. The van der Waals surface area contributed by atoms with Crippen molar-refractivity contribution in [3.05, 3.63) is 42.9 Å². The van der Waals surface area contributed by atoms with Crippen molar-refractivity contribution >= 4 is 27.5 Å². The molecule has 12 nitrogen and oxygen atoms in total. The molecule has 0 fully saturated rings. The van der Waals surface area contributed by atoms with Crippen LogP contribution in [0, 0.1) is 25.6 Å². The molecule has 1 rings (SSSR count). The second-order valence-electron chi connectivity index (χ2n) is 3.40. The molecule has 0 bridgehead atoms. The molecule has 23 heavy (non-hydrogen) atoms. The lowest BCUT2D eigenvalue weighted by molar-refractivity contribution is -0.393. The molecule has 1 aromatic carbocycles. The average molecular weight is 360 g/mol. The molecule has 1 aromatic rings. The van der Waals surface area contributed by atoms with E-state index in [1.54, 1.807) is 0 Å². The largest absolute Gasteiger partial charge is 0.726 e. The highest BCUT2D eigenvalue weighted by molar-refractivity contribution is 7.79. The van der Waals surface area contributed by atoms with Gasteiger partial charge in [0.1, 0.15) is 6.07 Å². The van der Waals surface area contributed by atoms with E-state index in [2.05, 4.69) is 4.98 Å². The van der Waals surface area contributed by atoms with Gasteiger partial charge in [0.15, 0.2) is 10.5 Å². The molecule has 0 aromatic heterocycles. The maximum Gasteiger partial charge on any atom is 0.473 e. The highest BCUT2D eigenvalue weighted by Gasteiger charge is 2.46. The van der Waals surface area contributed by atoms with Crippen molar-refractivity contribution in [1.82, 2.24) is 0 Å². The number of nitro groups is 2. The quantitative estimate of drug-likeness (QED) is 0.270.